The Morgan fingerprint density at radius 2 is 1.84 bits per heavy atom. The van der Waals surface area contributed by atoms with Crippen molar-refractivity contribution < 1.29 is 18.7 Å². The molecule has 0 amide bonds. The monoisotopic (exact) mass is 338 g/mol. The minimum Gasteiger partial charge on any atom is -0.493 e. The van der Waals surface area contributed by atoms with Gasteiger partial charge < -0.3 is 18.7 Å². The molecule has 0 saturated heterocycles. The molecule has 0 unspecified atom stereocenters. The van der Waals surface area contributed by atoms with Crippen molar-refractivity contribution in [1.29, 1.82) is 0 Å². The van der Waals surface area contributed by atoms with Crippen LogP contribution < -0.4 is 9.47 Å². The Balaban J connectivity index is 1.58. The molecule has 0 fully saturated rings. The molecule has 128 valence electrons. The van der Waals surface area contributed by atoms with Crippen LogP contribution in [0, 0.1) is 0 Å². The topological polar surface area (TPSA) is 66.1 Å². The van der Waals surface area contributed by atoms with Gasteiger partial charge in [0.1, 0.15) is 12.0 Å². The number of benzene rings is 2. The number of methoxy groups -OCH3 is 2. The molecule has 0 aliphatic rings. The number of hydrogen-bond donors (Lipinski definition) is 0. The van der Waals surface area contributed by atoms with E-state index in [9.17, 15) is 0 Å². The molecule has 2 aromatic carbocycles. The van der Waals surface area contributed by atoms with Crippen LogP contribution in [0.5, 0.6) is 11.5 Å². The maximum Gasteiger partial charge on any atom is 0.226 e. The first-order valence-electron chi connectivity index (χ1n) is 7.67. The van der Waals surface area contributed by atoms with Crippen LogP contribution in [-0.2, 0) is 11.4 Å². The number of rotatable bonds is 7. The van der Waals surface area contributed by atoms with Crippen molar-refractivity contribution in [1.82, 2.24) is 4.98 Å². The molecule has 0 aliphatic heterocycles. The predicted octanol–water partition coefficient (Wildman–Crippen LogP) is 3.91. The molecule has 0 aliphatic carbocycles. The van der Waals surface area contributed by atoms with E-state index in [1.165, 1.54) is 0 Å². The zero-order chi connectivity index (χ0) is 17.5. The molecule has 6 heteroatoms. The molecule has 1 aromatic heterocycles. The highest BCUT2D eigenvalue weighted by atomic mass is 16.6. The zero-order valence-corrected chi connectivity index (χ0v) is 14.0. The third-order valence-corrected chi connectivity index (χ3v) is 3.47. The zero-order valence-electron chi connectivity index (χ0n) is 14.0. The van der Waals surface area contributed by atoms with Gasteiger partial charge in [-0.25, -0.2) is 4.98 Å². The maximum atomic E-state index is 5.45. The van der Waals surface area contributed by atoms with E-state index in [0.29, 0.717) is 23.1 Å². The largest absolute Gasteiger partial charge is 0.493 e. The van der Waals surface area contributed by atoms with Gasteiger partial charge in [-0.2, -0.15) is 0 Å². The van der Waals surface area contributed by atoms with Gasteiger partial charge in [0.05, 0.1) is 20.4 Å². The van der Waals surface area contributed by atoms with Crippen LogP contribution in [0.25, 0.3) is 11.5 Å². The lowest BCUT2D eigenvalue weighted by molar-refractivity contribution is 0.129. The van der Waals surface area contributed by atoms with E-state index in [1.54, 1.807) is 26.7 Å². The highest BCUT2D eigenvalue weighted by Gasteiger charge is 2.06. The summed E-state index contributed by atoms with van der Waals surface area (Å²) < 4.78 is 15.9. The minimum atomic E-state index is 0.222. The summed E-state index contributed by atoms with van der Waals surface area (Å²) in [6, 6.07) is 15.2. The van der Waals surface area contributed by atoms with Gasteiger partial charge in [0.15, 0.2) is 18.1 Å². The molecule has 0 bridgehead atoms. The second kappa shape index (κ2) is 8.01. The quantitative estimate of drug-likeness (QED) is 0.483. The number of oxime groups is 1. The summed E-state index contributed by atoms with van der Waals surface area (Å²) in [5.41, 5.74) is 2.42. The Kier molecular flexibility index (Phi) is 5.31. The fraction of sp³-hybridized carbons (Fsp3) is 0.158. The van der Waals surface area contributed by atoms with E-state index >= 15 is 0 Å². The second-order valence-corrected chi connectivity index (χ2v) is 5.13. The lowest BCUT2D eigenvalue weighted by Gasteiger charge is -2.07. The van der Waals surface area contributed by atoms with Gasteiger partial charge in [-0.05, 0) is 30.3 Å². The van der Waals surface area contributed by atoms with Gasteiger partial charge in [-0.1, -0.05) is 23.4 Å². The van der Waals surface area contributed by atoms with Gasteiger partial charge in [-0.3, -0.25) is 0 Å². The highest BCUT2D eigenvalue weighted by Crippen LogP contribution is 2.26. The van der Waals surface area contributed by atoms with Crippen molar-refractivity contribution in [3.8, 4) is 23.0 Å². The first kappa shape index (κ1) is 16.6. The van der Waals surface area contributed by atoms with Crippen molar-refractivity contribution >= 4 is 6.21 Å². The molecular weight excluding hydrogens is 320 g/mol. The molecule has 0 radical (unpaired) electrons. The number of aromatic nitrogens is 1. The van der Waals surface area contributed by atoms with E-state index in [4.69, 9.17) is 18.7 Å². The van der Waals surface area contributed by atoms with Crippen molar-refractivity contribution in [2.75, 3.05) is 14.2 Å². The van der Waals surface area contributed by atoms with E-state index in [0.717, 1.165) is 11.1 Å². The molecule has 3 rings (SSSR count). The number of nitrogens with zero attached hydrogens (tertiary/aromatic N) is 2. The Bertz CT molecular complexity index is 844. The van der Waals surface area contributed by atoms with E-state index in [2.05, 4.69) is 10.1 Å². The molecule has 0 N–H and O–H groups in total. The third-order valence-electron chi connectivity index (χ3n) is 3.47. The number of oxazole rings is 1. The molecule has 6 nitrogen and oxygen atoms in total. The Hall–Kier alpha value is -3.28. The first-order chi connectivity index (χ1) is 12.3. The Morgan fingerprint density at radius 3 is 2.60 bits per heavy atom. The average Bonchev–Trinajstić information content (AvgIpc) is 3.14. The van der Waals surface area contributed by atoms with Gasteiger partial charge in [-0.15, -0.1) is 0 Å². The summed E-state index contributed by atoms with van der Waals surface area (Å²) >= 11 is 0. The van der Waals surface area contributed by atoms with Crippen molar-refractivity contribution in [2.45, 2.75) is 6.61 Å². The summed E-state index contributed by atoms with van der Waals surface area (Å²) in [5.74, 6) is 1.86. The summed E-state index contributed by atoms with van der Waals surface area (Å²) in [4.78, 5) is 9.65. The first-order valence-corrected chi connectivity index (χ1v) is 7.67. The van der Waals surface area contributed by atoms with E-state index < -0.39 is 0 Å². The molecule has 1 heterocycles. The van der Waals surface area contributed by atoms with Gasteiger partial charge in [0, 0.05) is 11.1 Å². The van der Waals surface area contributed by atoms with Crippen LogP contribution in [0.4, 0.5) is 0 Å². The fourth-order valence-corrected chi connectivity index (χ4v) is 2.22. The second-order valence-electron chi connectivity index (χ2n) is 5.13. The van der Waals surface area contributed by atoms with Crippen LogP contribution in [0.2, 0.25) is 0 Å². The third kappa shape index (κ3) is 4.17. The van der Waals surface area contributed by atoms with E-state index in [-0.39, 0.29) is 6.61 Å². The lowest BCUT2D eigenvalue weighted by atomic mass is 10.2. The van der Waals surface area contributed by atoms with Gasteiger partial charge in [0.25, 0.3) is 0 Å². The highest BCUT2D eigenvalue weighted by molar-refractivity contribution is 5.80. The van der Waals surface area contributed by atoms with Crippen LogP contribution in [0.1, 0.15) is 11.3 Å². The van der Waals surface area contributed by atoms with Crippen LogP contribution in [0.3, 0.4) is 0 Å². The maximum absolute atomic E-state index is 5.45. The normalized spacial score (nSPS) is 10.8. The molecule has 3 aromatic rings. The fourth-order valence-electron chi connectivity index (χ4n) is 2.22. The van der Waals surface area contributed by atoms with E-state index in [1.807, 2.05) is 48.5 Å². The SMILES string of the molecule is COc1ccc(/C=N/OCc2coc(-c3ccccc3)n2)cc1OC. The summed E-state index contributed by atoms with van der Waals surface area (Å²) in [6.07, 6.45) is 3.16. The van der Waals surface area contributed by atoms with Gasteiger partial charge >= 0.3 is 0 Å². The smallest absolute Gasteiger partial charge is 0.226 e. The minimum absolute atomic E-state index is 0.222. The van der Waals surface area contributed by atoms with Crippen LogP contribution in [0.15, 0.2) is 64.4 Å². The summed E-state index contributed by atoms with van der Waals surface area (Å²) in [6.45, 7) is 0.222. The molecule has 0 atom stereocenters. The Morgan fingerprint density at radius 1 is 1.04 bits per heavy atom. The lowest BCUT2D eigenvalue weighted by Crippen LogP contribution is -1.93. The standard InChI is InChI=1S/C19H18N2O4/c1-22-17-9-8-14(10-18(17)23-2)11-20-25-13-16-12-24-19(21-16)15-6-4-3-5-7-15/h3-12H,13H2,1-2H3/b20-11+. The molecule has 0 spiro atoms. The van der Waals surface area contributed by atoms with Crippen molar-refractivity contribution in [3.05, 3.63) is 66.1 Å². The molecule has 25 heavy (non-hydrogen) atoms. The summed E-state index contributed by atoms with van der Waals surface area (Å²) in [5, 5.41) is 3.95. The van der Waals surface area contributed by atoms with Gasteiger partial charge in [0.2, 0.25) is 5.89 Å². The average molecular weight is 338 g/mol. The summed E-state index contributed by atoms with van der Waals surface area (Å²) in [7, 11) is 3.18. The van der Waals surface area contributed by atoms with Crippen molar-refractivity contribution in [2.24, 2.45) is 5.16 Å². The van der Waals surface area contributed by atoms with Crippen LogP contribution >= 0.6 is 0 Å². The Labute approximate surface area is 145 Å². The predicted molar refractivity (Wildman–Crippen MR) is 93.9 cm³/mol. The molecular formula is C19H18N2O4. The van der Waals surface area contributed by atoms with Crippen molar-refractivity contribution in [3.63, 3.8) is 0 Å². The number of hydrogen-bond acceptors (Lipinski definition) is 6. The molecule has 0 saturated carbocycles. The number of ether oxygens (including phenoxy) is 2. The van der Waals surface area contributed by atoms with Crippen LogP contribution in [-0.4, -0.2) is 25.4 Å².